The minimum atomic E-state index is -4.16. The van der Waals surface area contributed by atoms with Gasteiger partial charge in [0.05, 0.1) is 10.6 Å². The van der Waals surface area contributed by atoms with Crippen molar-refractivity contribution >= 4 is 55.1 Å². The van der Waals surface area contributed by atoms with Crippen molar-refractivity contribution in [1.29, 1.82) is 0 Å². The number of hydrogen-bond donors (Lipinski definition) is 1. The highest BCUT2D eigenvalue weighted by atomic mass is 79.9. The molecule has 1 atom stereocenters. The zero-order chi connectivity index (χ0) is 29.7. The van der Waals surface area contributed by atoms with Gasteiger partial charge in [0.25, 0.3) is 10.0 Å². The monoisotopic (exact) mass is 659 g/mol. The van der Waals surface area contributed by atoms with Crippen LogP contribution in [0.25, 0.3) is 0 Å². The molecule has 1 N–H and O–H groups in total. The Hall–Kier alpha value is -2.88. The van der Waals surface area contributed by atoms with Crippen LogP contribution in [0.4, 0.5) is 5.69 Å². The fourth-order valence-corrected chi connectivity index (χ4v) is 6.86. The van der Waals surface area contributed by atoms with Gasteiger partial charge >= 0.3 is 0 Å². The molecule has 7 nitrogen and oxygen atoms in total. The average Bonchev–Trinajstić information content (AvgIpc) is 3.45. The summed E-state index contributed by atoms with van der Waals surface area (Å²) in [5.41, 5.74) is 2.67. The van der Waals surface area contributed by atoms with Gasteiger partial charge in [-0.15, -0.1) is 0 Å². The van der Waals surface area contributed by atoms with Gasteiger partial charge < -0.3 is 10.2 Å². The summed E-state index contributed by atoms with van der Waals surface area (Å²) in [6.45, 7) is 4.96. The lowest BCUT2D eigenvalue weighted by atomic mass is 10.1. The number of nitrogens with one attached hydrogen (secondary N) is 1. The summed E-state index contributed by atoms with van der Waals surface area (Å²) in [5.74, 6) is -0.758. The number of benzene rings is 3. The molecule has 0 spiro atoms. The molecular formula is C31H35BrClN3O4S. The van der Waals surface area contributed by atoms with Gasteiger partial charge in [0, 0.05) is 22.1 Å². The van der Waals surface area contributed by atoms with Crippen LogP contribution >= 0.6 is 27.5 Å². The topological polar surface area (TPSA) is 86.8 Å². The lowest BCUT2D eigenvalue weighted by molar-refractivity contribution is -0.139. The SMILES string of the molecule is Cc1ccc(S(=O)(=O)N(CC(=O)N(Cc2ccc(Br)cc2)[C@@H](C)C(=O)NC2CCCC2)c2cc(Cl)ccc2C)cc1. The van der Waals surface area contributed by atoms with Gasteiger partial charge in [0.15, 0.2) is 0 Å². The lowest BCUT2D eigenvalue weighted by Gasteiger charge is -2.33. The maximum absolute atomic E-state index is 14.1. The van der Waals surface area contributed by atoms with E-state index < -0.39 is 28.5 Å². The molecule has 3 aromatic rings. The number of rotatable bonds is 10. The summed E-state index contributed by atoms with van der Waals surface area (Å²) in [7, 11) is -4.16. The van der Waals surface area contributed by atoms with E-state index in [-0.39, 0.29) is 23.4 Å². The molecule has 0 heterocycles. The van der Waals surface area contributed by atoms with E-state index in [1.165, 1.54) is 17.0 Å². The number of carbonyl (C=O) groups excluding carboxylic acids is 2. The van der Waals surface area contributed by atoms with Crippen molar-refractivity contribution in [2.45, 2.75) is 70.0 Å². The van der Waals surface area contributed by atoms with Crippen LogP contribution in [0.5, 0.6) is 0 Å². The molecule has 1 aliphatic rings. The van der Waals surface area contributed by atoms with Gasteiger partial charge in [0.1, 0.15) is 12.6 Å². The van der Waals surface area contributed by atoms with Gasteiger partial charge in [0.2, 0.25) is 11.8 Å². The largest absolute Gasteiger partial charge is 0.352 e. The fraction of sp³-hybridized carbons (Fsp3) is 0.355. The summed E-state index contributed by atoms with van der Waals surface area (Å²) in [5, 5.41) is 3.43. The van der Waals surface area contributed by atoms with E-state index in [1.54, 1.807) is 44.2 Å². The maximum Gasteiger partial charge on any atom is 0.264 e. The molecule has 2 amide bonds. The zero-order valence-electron chi connectivity index (χ0n) is 23.4. The predicted octanol–water partition coefficient (Wildman–Crippen LogP) is 6.39. The Balaban J connectivity index is 1.71. The average molecular weight is 661 g/mol. The first-order valence-electron chi connectivity index (χ1n) is 13.7. The van der Waals surface area contributed by atoms with Crippen LogP contribution in [-0.2, 0) is 26.2 Å². The van der Waals surface area contributed by atoms with Crippen molar-refractivity contribution in [3.63, 3.8) is 0 Å². The summed E-state index contributed by atoms with van der Waals surface area (Å²) in [6, 6.07) is 18.2. The Bertz CT molecular complexity index is 1490. The van der Waals surface area contributed by atoms with E-state index in [4.69, 9.17) is 11.6 Å². The minimum absolute atomic E-state index is 0.0572. The van der Waals surface area contributed by atoms with Crippen LogP contribution in [0.15, 0.2) is 76.1 Å². The minimum Gasteiger partial charge on any atom is -0.352 e. The van der Waals surface area contributed by atoms with E-state index in [0.29, 0.717) is 16.3 Å². The van der Waals surface area contributed by atoms with Crippen LogP contribution < -0.4 is 9.62 Å². The Morgan fingerprint density at radius 2 is 1.63 bits per heavy atom. The Morgan fingerprint density at radius 3 is 2.27 bits per heavy atom. The molecular weight excluding hydrogens is 626 g/mol. The van der Waals surface area contributed by atoms with Crippen LogP contribution in [-0.4, -0.2) is 43.8 Å². The number of hydrogen-bond acceptors (Lipinski definition) is 4. The third-order valence-electron chi connectivity index (χ3n) is 7.46. The molecule has 1 aliphatic carbocycles. The molecule has 1 fully saturated rings. The van der Waals surface area contributed by atoms with E-state index in [1.807, 2.05) is 31.2 Å². The van der Waals surface area contributed by atoms with Gasteiger partial charge in [-0.2, -0.15) is 0 Å². The second-order valence-electron chi connectivity index (χ2n) is 10.6. The Kier molecular flexibility index (Phi) is 10.2. The molecule has 0 unspecified atom stereocenters. The van der Waals surface area contributed by atoms with Crippen molar-refractivity contribution in [2.75, 3.05) is 10.8 Å². The van der Waals surface area contributed by atoms with Gasteiger partial charge in [-0.05, 0) is 81.1 Å². The number of sulfonamides is 1. The number of amides is 2. The molecule has 0 bridgehead atoms. The first kappa shape index (κ1) is 31.1. The van der Waals surface area contributed by atoms with Gasteiger partial charge in [-0.1, -0.05) is 76.3 Å². The lowest BCUT2D eigenvalue weighted by Crippen LogP contribution is -2.52. The zero-order valence-corrected chi connectivity index (χ0v) is 26.6. The Morgan fingerprint density at radius 1 is 1.00 bits per heavy atom. The number of anilines is 1. The number of halogens is 2. The standard InChI is InChI=1S/C31H35BrClN3O4S/c1-21-8-16-28(17-9-21)41(39,40)36(29-18-26(33)15-10-22(29)2)20-30(37)35(19-24-11-13-25(32)14-12-24)23(3)31(38)34-27-6-4-5-7-27/h8-18,23,27H,4-7,19-20H2,1-3H3,(H,34,38)/t23-/m0/s1. The molecule has 3 aromatic carbocycles. The fourth-order valence-electron chi connectivity index (χ4n) is 4.96. The quantitative estimate of drug-likeness (QED) is 0.273. The van der Waals surface area contributed by atoms with Crippen molar-refractivity contribution in [3.8, 4) is 0 Å². The molecule has 0 aromatic heterocycles. The molecule has 10 heteroatoms. The van der Waals surface area contributed by atoms with Crippen LogP contribution in [0, 0.1) is 13.8 Å². The second kappa shape index (κ2) is 13.4. The van der Waals surface area contributed by atoms with Crippen molar-refractivity contribution < 1.29 is 18.0 Å². The summed E-state index contributed by atoms with van der Waals surface area (Å²) >= 11 is 9.73. The highest BCUT2D eigenvalue weighted by Gasteiger charge is 2.34. The number of nitrogens with zero attached hydrogens (tertiary/aromatic N) is 2. The summed E-state index contributed by atoms with van der Waals surface area (Å²) < 4.78 is 30.0. The van der Waals surface area contributed by atoms with Crippen molar-refractivity contribution in [1.82, 2.24) is 10.2 Å². The third kappa shape index (κ3) is 7.70. The molecule has 0 aliphatic heterocycles. The van der Waals surface area contributed by atoms with E-state index in [2.05, 4.69) is 21.2 Å². The molecule has 4 rings (SSSR count). The summed E-state index contributed by atoms with van der Waals surface area (Å²) in [6.07, 6.45) is 3.95. The normalized spacial score (nSPS) is 14.5. The Labute approximate surface area is 256 Å². The molecule has 218 valence electrons. The highest BCUT2D eigenvalue weighted by Crippen LogP contribution is 2.30. The first-order chi connectivity index (χ1) is 19.5. The van der Waals surface area contributed by atoms with E-state index >= 15 is 0 Å². The van der Waals surface area contributed by atoms with Gasteiger partial charge in [-0.25, -0.2) is 8.42 Å². The maximum atomic E-state index is 14.1. The van der Waals surface area contributed by atoms with Crippen LogP contribution in [0.1, 0.15) is 49.3 Å². The molecule has 0 radical (unpaired) electrons. The van der Waals surface area contributed by atoms with Crippen molar-refractivity contribution in [3.05, 3.63) is 92.9 Å². The second-order valence-corrected chi connectivity index (χ2v) is 13.8. The van der Waals surface area contributed by atoms with Crippen LogP contribution in [0.3, 0.4) is 0 Å². The van der Waals surface area contributed by atoms with Gasteiger partial charge in [-0.3, -0.25) is 13.9 Å². The predicted molar refractivity (Wildman–Crippen MR) is 166 cm³/mol. The molecule has 1 saturated carbocycles. The number of aryl methyl sites for hydroxylation is 2. The number of carbonyl (C=O) groups is 2. The molecule has 0 saturated heterocycles. The molecule has 41 heavy (non-hydrogen) atoms. The third-order valence-corrected chi connectivity index (χ3v) is 10.0. The summed E-state index contributed by atoms with van der Waals surface area (Å²) in [4.78, 5) is 28.9. The highest BCUT2D eigenvalue weighted by molar-refractivity contribution is 9.10. The van der Waals surface area contributed by atoms with E-state index in [9.17, 15) is 18.0 Å². The van der Waals surface area contributed by atoms with Crippen LogP contribution in [0.2, 0.25) is 5.02 Å². The van der Waals surface area contributed by atoms with E-state index in [0.717, 1.165) is 45.6 Å². The first-order valence-corrected chi connectivity index (χ1v) is 16.3. The van der Waals surface area contributed by atoms with Crippen molar-refractivity contribution in [2.24, 2.45) is 0 Å². The smallest absolute Gasteiger partial charge is 0.264 e.